The molecule has 0 fully saturated rings. The van der Waals surface area contributed by atoms with Crippen LogP contribution in [0.25, 0.3) is 11.4 Å². The van der Waals surface area contributed by atoms with Crippen LogP contribution in [0.3, 0.4) is 0 Å². The van der Waals surface area contributed by atoms with Gasteiger partial charge in [0, 0.05) is 16.9 Å². The summed E-state index contributed by atoms with van der Waals surface area (Å²) in [4.78, 5) is 24.8. The molecule has 0 saturated heterocycles. The van der Waals surface area contributed by atoms with Crippen LogP contribution in [0, 0.1) is 19.7 Å². The van der Waals surface area contributed by atoms with E-state index in [0.717, 1.165) is 17.1 Å². The Kier molecular flexibility index (Phi) is 5.84. The van der Waals surface area contributed by atoms with Crippen molar-refractivity contribution in [2.24, 2.45) is 5.16 Å². The number of nitrogens with zero attached hydrogens (tertiary/aromatic N) is 2. The van der Waals surface area contributed by atoms with Gasteiger partial charge >= 0.3 is 0 Å². The minimum absolute atomic E-state index is 0.290. The SMILES string of the molecule is C/C(=N\OCC(=O)Nc1ccc(C)c(F)c1)c1nc(-c2ccccc2)[nH]c1C. The van der Waals surface area contributed by atoms with Crippen molar-refractivity contribution in [1.82, 2.24) is 9.97 Å². The third-order valence-corrected chi connectivity index (χ3v) is 4.13. The van der Waals surface area contributed by atoms with Crippen LogP contribution in [-0.2, 0) is 9.63 Å². The van der Waals surface area contributed by atoms with Crippen LogP contribution < -0.4 is 5.32 Å². The summed E-state index contributed by atoms with van der Waals surface area (Å²) in [6.45, 7) is 5.02. The lowest BCUT2D eigenvalue weighted by Crippen LogP contribution is -2.17. The number of nitrogens with one attached hydrogen (secondary N) is 2. The smallest absolute Gasteiger partial charge is 0.265 e. The van der Waals surface area contributed by atoms with Crippen molar-refractivity contribution in [2.75, 3.05) is 11.9 Å². The van der Waals surface area contributed by atoms with E-state index in [1.54, 1.807) is 26.0 Å². The number of carbonyl (C=O) groups is 1. The van der Waals surface area contributed by atoms with Gasteiger partial charge in [-0.15, -0.1) is 0 Å². The van der Waals surface area contributed by atoms with E-state index >= 15 is 0 Å². The maximum absolute atomic E-state index is 13.5. The molecule has 1 heterocycles. The second-order valence-electron chi connectivity index (χ2n) is 6.39. The van der Waals surface area contributed by atoms with Gasteiger partial charge in [0.05, 0.1) is 0 Å². The Labute approximate surface area is 162 Å². The monoisotopic (exact) mass is 380 g/mol. The highest BCUT2D eigenvalue weighted by atomic mass is 19.1. The molecule has 144 valence electrons. The molecule has 0 spiro atoms. The molecule has 0 aliphatic carbocycles. The summed E-state index contributed by atoms with van der Waals surface area (Å²) in [7, 11) is 0. The third-order valence-electron chi connectivity index (χ3n) is 4.13. The molecule has 6 nitrogen and oxygen atoms in total. The summed E-state index contributed by atoms with van der Waals surface area (Å²) < 4.78 is 13.5. The average Bonchev–Trinajstić information content (AvgIpc) is 3.07. The summed E-state index contributed by atoms with van der Waals surface area (Å²) in [5.41, 5.74) is 3.91. The maximum atomic E-state index is 13.5. The Morgan fingerprint density at radius 3 is 2.68 bits per heavy atom. The number of aromatic nitrogens is 2. The van der Waals surface area contributed by atoms with Crippen molar-refractivity contribution in [3.8, 4) is 11.4 Å². The average molecular weight is 380 g/mol. The predicted molar refractivity (Wildman–Crippen MR) is 107 cm³/mol. The number of anilines is 1. The number of hydrogen-bond acceptors (Lipinski definition) is 4. The number of amides is 1. The van der Waals surface area contributed by atoms with Crippen molar-refractivity contribution in [3.05, 3.63) is 71.3 Å². The molecule has 0 aliphatic rings. The van der Waals surface area contributed by atoms with Crippen molar-refractivity contribution >= 4 is 17.3 Å². The number of benzene rings is 2. The zero-order chi connectivity index (χ0) is 20.1. The van der Waals surface area contributed by atoms with Crippen LogP contribution in [-0.4, -0.2) is 28.2 Å². The maximum Gasteiger partial charge on any atom is 0.265 e. The van der Waals surface area contributed by atoms with Gasteiger partial charge in [0.25, 0.3) is 5.91 Å². The van der Waals surface area contributed by atoms with Gasteiger partial charge in [-0.05, 0) is 38.5 Å². The van der Waals surface area contributed by atoms with Crippen LogP contribution in [0.15, 0.2) is 53.7 Å². The molecule has 2 aromatic carbocycles. The Bertz CT molecular complexity index is 1010. The van der Waals surface area contributed by atoms with Crippen molar-refractivity contribution in [3.63, 3.8) is 0 Å². The van der Waals surface area contributed by atoms with Crippen molar-refractivity contribution in [2.45, 2.75) is 20.8 Å². The summed E-state index contributed by atoms with van der Waals surface area (Å²) >= 11 is 0. The third kappa shape index (κ3) is 4.62. The first-order valence-corrected chi connectivity index (χ1v) is 8.79. The van der Waals surface area contributed by atoms with Gasteiger partial charge in [-0.3, -0.25) is 4.79 Å². The standard InChI is InChI=1S/C21H21FN4O2/c1-13-9-10-17(11-18(13)22)24-19(27)12-28-26-15(3)20-14(2)23-21(25-20)16-7-5-4-6-8-16/h4-11H,12H2,1-3H3,(H,23,25)(H,24,27)/b26-15+. The number of imidazole rings is 1. The number of rotatable bonds is 6. The molecular weight excluding hydrogens is 359 g/mol. The number of H-pyrrole nitrogens is 1. The summed E-state index contributed by atoms with van der Waals surface area (Å²) in [6, 6.07) is 14.2. The van der Waals surface area contributed by atoms with E-state index in [1.807, 2.05) is 37.3 Å². The number of halogens is 1. The summed E-state index contributed by atoms with van der Waals surface area (Å²) in [5, 5.41) is 6.54. The number of aromatic amines is 1. The van der Waals surface area contributed by atoms with Crippen molar-refractivity contribution < 1.29 is 14.0 Å². The van der Waals surface area contributed by atoms with Crippen molar-refractivity contribution in [1.29, 1.82) is 0 Å². The number of hydrogen-bond donors (Lipinski definition) is 2. The molecule has 2 N–H and O–H groups in total. The largest absolute Gasteiger partial charge is 0.385 e. The Balaban J connectivity index is 1.60. The minimum Gasteiger partial charge on any atom is -0.385 e. The topological polar surface area (TPSA) is 79.4 Å². The number of oxime groups is 1. The second-order valence-corrected chi connectivity index (χ2v) is 6.39. The zero-order valence-corrected chi connectivity index (χ0v) is 15.9. The molecule has 3 rings (SSSR count). The first-order valence-electron chi connectivity index (χ1n) is 8.79. The highest BCUT2D eigenvalue weighted by Crippen LogP contribution is 2.18. The van der Waals surface area contributed by atoms with Gasteiger partial charge in [-0.1, -0.05) is 41.6 Å². The fraction of sp³-hybridized carbons (Fsp3) is 0.190. The quantitative estimate of drug-likeness (QED) is 0.497. The molecule has 0 saturated carbocycles. The highest BCUT2D eigenvalue weighted by molar-refractivity contribution is 5.98. The molecule has 3 aromatic rings. The van der Waals surface area contributed by atoms with E-state index in [1.165, 1.54) is 6.07 Å². The van der Waals surface area contributed by atoms with Crippen LogP contribution in [0.1, 0.15) is 23.9 Å². The van der Waals surface area contributed by atoms with Gasteiger partial charge in [-0.2, -0.15) is 0 Å². The van der Waals surface area contributed by atoms with Gasteiger partial charge in [0.1, 0.15) is 23.0 Å². The van der Waals surface area contributed by atoms with E-state index in [2.05, 4.69) is 20.4 Å². The fourth-order valence-corrected chi connectivity index (χ4v) is 2.64. The van der Waals surface area contributed by atoms with E-state index < -0.39 is 5.91 Å². The molecule has 0 atom stereocenters. The summed E-state index contributed by atoms with van der Waals surface area (Å²) in [5.74, 6) is -0.0684. The predicted octanol–water partition coefficient (Wildman–Crippen LogP) is 4.21. The van der Waals surface area contributed by atoms with Gasteiger partial charge in [0.2, 0.25) is 0 Å². The van der Waals surface area contributed by atoms with Crippen LogP contribution in [0.5, 0.6) is 0 Å². The van der Waals surface area contributed by atoms with Gasteiger partial charge < -0.3 is 15.1 Å². The summed E-state index contributed by atoms with van der Waals surface area (Å²) in [6.07, 6.45) is 0. The number of carbonyl (C=O) groups excluding carboxylic acids is 1. The first kappa shape index (κ1) is 19.3. The molecule has 1 aromatic heterocycles. The zero-order valence-electron chi connectivity index (χ0n) is 15.9. The Hall–Kier alpha value is -3.48. The fourth-order valence-electron chi connectivity index (χ4n) is 2.64. The van der Waals surface area contributed by atoms with Crippen LogP contribution >= 0.6 is 0 Å². The molecular formula is C21H21FN4O2. The lowest BCUT2D eigenvalue weighted by Gasteiger charge is -2.06. The number of aryl methyl sites for hydroxylation is 2. The van der Waals surface area contributed by atoms with E-state index in [-0.39, 0.29) is 12.4 Å². The van der Waals surface area contributed by atoms with Gasteiger partial charge in [-0.25, -0.2) is 9.37 Å². The van der Waals surface area contributed by atoms with E-state index in [4.69, 9.17) is 4.84 Å². The molecule has 0 radical (unpaired) electrons. The minimum atomic E-state index is -0.427. The lowest BCUT2D eigenvalue weighted by atomic mass is 10.2. The molecule has 0 bridgehead atoms. The molecule has 1 amide bonds. The Morgan fingerprint density at radius 1 is 1.21 bits per heavy atom. The normalized spacial score (nSPS) is 11.4. The van der Waals surface area contributed by atoms with Crippen LogP contribution in [0.2, 0.25) is 0 Å². The highest BCUT2D eigenvalue weighted by Gasteiger charge is 2.12. The van der Waals surface area contributed by atoms with Crippen LogP contribution in [0.4, 0.5) is 10.1 Å². The molecule has 28 heavy (non-hydrogen) atoms. The van der Waals surface area contributed by atoms with Gasteiger partial charge in [0.15, 0.2) is 6.61 Å². The molecule has 0 unspecified atom stereocenters. The second kappa shape index (κ2) is 8.47. The van der Waals surface area contributed by atoms with E-state index in [0.29, 0.717) is 22.7 Å². The first-order chi connectivity index (χ1) is 13.4. The Morgan fingerprint density at radius 2 is 1.96 bits per heavy atom. The molecule has 0 aliphatic heterocycles. The lowest BCUT2D eigenvalue weighted by molar-refractivity contribution is -0.120. The molecule has 7 heteroatoms. The van der Waals surface area contributed by atoms with E-state index in [9.17, 15) is 9.18 Å².